The number of nitrogens with zero attached hydrogens (tertiary/aromatic N) is 1. The fraction of sp³-hybridized carbons (Fsp3) is 0.467. The van der Waals surface area contributed by atoms with Crippen LogP contribution in [0, 0.1) is 17.7 Å². The number of carbonyl (C=O) groups is 2. The molecule has 3 rings (SSSR count). The van der Waals surface area contributed by atoms with E-state index >= 15 is 0 Å². The number of sulfonamides is 1. The highest BCUT2D eigenvalue weighted by Gasteiger charge is 2.33. The van der Waals surface area contributed by atoms with Crippen molar-refractivity contribution in [3.63, 3.8) is 0 Å². The lowest BCUT2D eigenvalue weighted by Crippen LogP contribution is -2.50. The van der Waals surface area contributed by atoms with Crippen molar-refractivity contribution in [3.05, 3.63) is 58.9 Å². The first-order chi connectivity index (χ1) is 19.1. The number of benzene rings is 2. The van der Waals surface area contributed by atoms with Crippen molar-refractivity contribution in [2.75, 3.05) is 32.0 Å². The van der Waals surface area contributed by atoms with Gasteiger partial charge in [-0.15, -0.1) is 0 Å². The smallest absolute Gasteiger partial charge is 0.410 e. The van der Waals surface area contributed by atoms with Crippen LogP contribution in [-0.2, 0) is 19.5 Å². The Kier molecular flexibility index (Phi) is 9.73. The minimum Gasteiger partial charge on any atom is -0.495 e. The summed E-state index contributed by atoms with van der Waals surface area (Å²) in [5.41, 5.74) is 0.154. The van der Waals surface area contributed by atoms with Gasteiger partial charge in [0.15, 0.2) is 0 Å². The average Bonchev–Trinajstić information content (AvgIpc) is 2.85. The third kappa shape index (κ3) is 7.58. The standard InChI is InChI=1S/C30H39FN2O7S/c1-18(2)19(3)23-12-13-24(26(27(23)38-7)28(34)39-8)32-41(36,37)25-14-11-22(31)15-21(25)10-9-20-16-33(17-20)29(35)40-30(4,5)6/h9-15,18-20,32H,16-17H2,1-8H3/b10-9-. The van der Waals surface area contributed by atoms with Crippen LogP contribution in [0.3, 0.4) is 0 Å². The van der Waals surface area contributed by atoms with Gasteiger partial charge in [-0.3, -0.25) is 4.72 Å². The van der Waals surface area contributed by atoms with Gasteiger partial charge in [0.2, 0.25) is 0 Å². The van der Waals surface area contributed by atoms with Crippen LogP contribution < -0.4 is 9.46 Å². The number of hydrogen-bond donors (Lipinski definition) is 1. The zero-order valence-corrected chi connectivity index (χ0v) is 25.6. The summed E-state index contributed by atoms with van der Waals surface area (Å²) in [7, 11) is -1.69. The van der Waals surface area contributed by atoms with E-state index in [2.05, 4.69) is 4.72 Å². The normalized spacial score (nSPS) is 15.0. The number of nitrogens with one attached hydrogen (secondary N) is 1. The Morgan fingerprint density at radius 1 is 1.10 bits per heavy atom. The van der Waals surface area contributed by atoms with Crippen molar-refractivity contribution in [1.29, 1.82) is 0 Å². The molecule has 0 bridgehead atoms. The Hall–Kier alpha value is -3.60. The molecule has 0 spiro atoms. The van der Waals surface area contributed by atoms with E-state index < -0.39 is 33.5 Å². The van der Waals surface area contributed by atoms with Gasteiger partial charge in [0.05, 0.1) is 24.8 Å². The van der Waals surface area contributed by atoms with E-state index in [-0.39, 0.29) is 45.2 Å². The molecule has 1 heterocycles. The van der Waals surface area contributed by atoms with Crippen LogP contribution in [0.5, 0.6) is 5.75 Å². The predicted molar refractivity (Wildman–Crippen MR) is 155 cm³/mol. The first kappa shape index (κ1) is 31.9. The lowest BCUT2D eigenvalue weighted by atomic mass is 9.88. The summed E-state index contributed by atoms with van der Waals surface area (Å²) in [6, 6.07) is 6.54. The van der Waals surface area contributed by atoms with Gasteiger partial charge < -0.3 is 19.1 Å². The molecule has 0 aliphatic carbocycles. The Bertz CT molecular complexity index is 1430. The molecule has 1 unspecified atom stereocenters. The molecule has 1 amide bonds. The Balaban J connectivity index is 1.92. The van der Waals surface area contributed by atoms with Gasteiger partial charge in [-0.25, -0.2) is 22.4 Å². The molecular weight excluding hydrogens is 551 g/mol. The minimum atomic E-state index is -4.30. The Morgan fingerprint density at radius 2 is 1.76 bits per heavy atom. The number of ether oxygens (including phenoxy) is 3. The van der Waals surface area contributed by atoms with Crippen LogP contribution in [0.15, 0.2) is 41.3 Å². The highest BCUT2D eigenvalue weighted by Crippen LogP contribution is 2.39. The summed E-state index contributed by atoms with van der Waals surface area (Å²) in [5.74, 6) is -0.993. The van der Waals surface area contributed by atoms with Crippen molar-refractivity contribution in [3.8, 4) is 5.75 Å². The second-order valence-electron chi connectivity index (χ2n) is 11.4. The largest absolute Gasteiger partial charge is 0.495 e. The second kappa shape index (κ2) is 12.5. The molecule has 1 saturated heterocycles. The van der Waals surface area contributed by atoms with Gasteiger partial charge in [0, 0.05) is 19.0 Å². The molecule has 1 aliphatic rings. The van der Waals surface area contributed by atoms with E-state index in [1.807, 2.05) is 20.8 Å². The number of amides is 1. The summed E-state index contributed by atoms with van der Waals surface area (Å²) in [4.78, 5) is 26.4. The first-order valence-electron chi connectivity index (χ1n) is 13.4. The highest BCUT2D eigenvalue weighted by atomic mass is 32.2. The van der Waals surface area contributed by atoms with Crippen molar-refractivity contribution < 1.29 is 36.6 Å². The topological polar surface area (TPSA) is 111 Å². The van der Waals surface area contributed by atoms with Gasteiger partial charge in [-0.1, -0.05) is 39.0 Å². The van der Waals surface area contributed by atoms with E-state index in [4.69, 9.17) is 14.2 Å². The van der Waals surface area contributed by atoms with E-state index in [0.29, 0.717) is 13.1 Å². The maximum Gasteiger partial charge on any atom is 0.410 e. The molecule has 9 nitrogen and oxygen atoms in total. The maximum absolute atomic E-state index is 14.2. The zero-order valence-electron chi connectivity index (χ0n) is 24.8. The molecule has 2 aromatic rings. The molecule has 11 heteroatoms. The van der Waals surface area contributed by atoms with Crippen LogP contribution in [0.4, 0.5) is 14.9 Å². The van der Waals surface area contributed by atoms with Crippen LogP contribution >= 0.6 is 0 Å². The molecule has 1 aliphatic heterocycles. The number of rotatable bonds is 9. The van der Waals surface area contributed by atoms with Crippen LogP contribution in [0.1, 0.15) is 68.9 Å². The molecule has 1 fully saturated rings. The molecule has 1 N–H and O–H groups in total. The number of anilines is 1. The third-order valence-electron chi connectivity index (χ3n) is 6.89. The van der Waals surface area contributed by atoms with Crippen molar-refractivity contribution in [2.24, 2.45) is 11.8 Å². The molecule has 0 saturated carbocycles. The number of carbonyl (C=O) groups excluding carboxylic acids is 2. The van der Waals surface area contributed by atoms with E-state index in [1.54, 1.807) is 32.9 Å². The predicted octanol–water partition coefficient (Wildman–Crippen LogP) is 6.06. The van der Waals surface area contributed by atoms with Gasteiger partial charge in [-0.2, -0.15) is 0 Å². The van der Waals surface area contributed by atoms with Crippen LogP contribution in [0.2, 0.25) is 0 Å². The molecule has 2 aromatic carbocycles. The summed E-state index contributed by atoms with van der Waals surface area (Å²) < 4.78 is 59.8. The first-order valence-corrected chi connectivity index (χ1v) is 14.8. The van der Waals surface area contributed by atoms with Crippen molar-refractivity contribution >= 4 is 33.8 Å². The van der Waals surface area contributed by atoms with E-state index in [1.165, 1.54) is 31.3 Å². The molecule has 0 radical (unpaired) electrons. The third-order valence-corrected chi connectivity index (χ3v) is 8.33. The molecule has 41 heavy (non-hydrogen) atoms. The fourth-order valence-corrected chi connectivity index (χ4v) is 5.62. The van der Waals surface area contributed by atoms with Gasteiger partial charge in [0.1, 0.15) is 22.7 Å². The fourth-order valence-electron chi connectivity index (χ4n) is 4.37. The number of methoxy groups -OCH3 is 2. The Morgan fingerprint density at radius 3 is 2.32 bits per heavy atom. The molecule has 0 aromatic heterocycles. The minimum absolute atomic E-state index is 0.00519. The summed E-state index contributed by atoms with van der Waals surface area (Å²) in [5, 5.41) is 0. The number of likely N-dealkylation sites (tertiary alicyclic amines) is 1. The molecular formula is C30H39FN2O7S. The lowest BCUT2D eigenvalue weighted by molar-refractivity contribution is 0.00498. The number of halogens is 1. The van der Waals surface area contributed by atoms with Crippen LogP contribution in [-0.4, -0.2) is 58.3 Å². The highest BCUT2D eigenvalue weighted by molar-refractivity contribution is 7.92. The average molecular weight is 591 g/mol. The van der Waals surface area contributed by atoms with Gasteiger partial charge in [-0.05, 0) is 68.0 Å². The number of hydrogen-bond acceptors (Lipinski definition) is 7. The zero-order chi connectivity index (χ0) is 30.7. The molecule has 1 atom stereocenters. The van der Waals surface area contributed by atoms with Crippen molar-refractivity contribution in [2.45, 2.75) is 58.0 Å². The quantitative estimate of drug-likeness (QED) is 0.353. The maximum atomic E-state index is 14.2. The van der Waals surface area contributed by atoms with Gasteiger partial charge in [0.25, 0.3) is 10.0 Å². The van der Waals surface area contributed by atoms with Crippen molar-refractivity contribution in [1.82, 2.24) is 4.90 Å². The Labute approximate surface area is 241 Å². The van der Waals surface area contributed by atoms with E-state index in [0.717, 1.165) is 23.8 Å². The summed E-state index contributed by atoms with van der Waals surface area (Å²) in [6.07, 6.45) is 2.83. The van der Waals surface area contributed by atoms with E-state index in [9.17, 15) is 22.4 Å². The lowest BCUT2D eigenvalue weighted by Gasteiger charge is -2.38. The monoisotopic (exact) mass is 590 g/mol. The second-order valence-corrected chi connectivity index (χ2v) is 13.1. The SMILES string of the molecule is COC(=O)c1c(NS(=O)(=O)c2ccc(F)cc2/C=C\C2CN(C(=O)OC(C)(C)C)C2)ccc(C(C)C(C)C)c1OC. The summed E-state index contributed by atoms with van der Waals surface area (Å²) >= 11 is 0. The van der Waals surface area contributed by atoms with Crippen LogP contribution in [0.25, 0.3) is 6.08 Å². The number of esters is 1. The summed E-state index contributed by atoms with van der Waals surface area (Å²) in [6.45, 7) is 12.2. The molecule has 224 valence electrons. The van der Waals surface area contributed by atoms with Gasteiger partial charge >= 0.3 is 12.1 Å².